The second kappa shape index (κ2) is 11.6. The number of hydrogen-bond acceptors (Lipinski definition) is 4. The number of rotatable bonds is 9. The smallest absolute Gasteiger partial charge is 0.244 e. The van der Waals surface area contributed by atoms with Crippen molar-refractivity contribution in [2.45, 2.75) is 12.5 Å². The van der Waals surface area contributed by atoms with Crippen LogP contribution in [0, 0.1) is 0 Å². The maximum atomic E-state index is 12.5. The minimum Gasteiger partial charge on any atom is -0.491 e. The maximum Gasteiger partial charge on any atom is 0.244 e. The van der Waals surface area contributed by atoms with Gasteiger partial charge in [-0.25, -0.2) is 0 Å². The van der Waals surface area contributed by atoms with Gasteiger partial charge in [0.15, 0.2) is 0 Å². The molecule has 0 saturated carbocycles. The van der Waals surface area contributed by atoms with Crippen molar-refractivity contribution in [3.63, 3.8) is 0 Å². The molecule has 6 heteroatoms. The second-order valence-corrected chi connectivity index (χ2v) is 7.32. The first kappa shape index (κ1) is 22.2. The summed E-state index contributed by atoms with van der Waals surface area (Å²) < 4.78 is 5.91. The third-order valence-electron chi connectivity index (χ3n) is 4.57. The molecule has 1 amide bonds. The second-order valence-electron chi connectivity index (χ2n) is 6.92. The Labute approximate surface area is 187 Å². The fourth-order valence-corrected chi connectivity index (χ4v) is 3.14. The molecule has 0 radical (unpaired) electrons. The summed E-state index contributed by atoms with van der Waals surface area (Å²) in [5.41, 5.74) is 4.72. The van der Waals surface area contributed by atoms with Gasteiger partial charge in [0, 0.05) is 11.6 Å². The highest BCUT2D eigenvalue weighted by molar-refractivity contribution is 7.80. The van der Waals surface area contributed by atoms with Crippen molar-refractivity contribution in [1.29, 1.82) is 0 Å². The van der Waals surface area contributed by atoms with E-state index >= 15 is 0 Å². The lowest BCUT2D eigenvalue weighted by molar-refractivity contribution is -0.117. The summed E-state index contributed by atoms with van der Waals surface area (Å²) in [5.74, 6) is 0.472. The van der Waals surface area contributed by atoms with E-state index in [2.05, 4.69) is 5.32 Å². The Balaban J connectivity index is 1.63. The lowest BCUT2D eigenvalue weighted by atomic mass is 10.1. The molecule has 31 heavy (non-hydrogen) atoms. The number of hydrogen-bond donors (Lipinski definition) is 3. The molecule has 3 aromatic carbocycles. The average Bonchev–Trinajstić information content (AvgIpc) is 2.82. The maximum absolute atomic E-state index is 12.5. The Bertz CT molecular complexity index is 1010. The van der Waals surface area contributed by atoms with Crippen LogP contribution in [0.25, 0.3) is 6.08 Å². The number of carbonyl (C=O) groups is 1. The van der Waals surface area contributed by atoms with Crippen molar-refractivity contribution in [3.05, 3.63) is 108 Å². The van der Waals surface area contributed by atoms with Gasteiger partial charge in [0.2, 0.25) is 5.91 Å². The molecular weight excluding hydrogens is 408 g/mol. The third kappa shape index (κ3) is 7.37. The SMILES string of the molecule is O=C(/C=C/c1ccccc1)N[C@@H](COc1ccc(C(=S)NO)cc1)Cc1ccccc1. The van der Waals surface area contributed by atoms with Gasteiger partial charge in [0.1, 0.15) is 17.3 Å². The molecule has 0 bridgehead atoms. The summed E-state index contributed by atoms with van der Waals surface area (Å²) in [7, 11) is 0. The molecule has 0 heterocycles. The molecule has 0 spiro atoms. The number of thiocarbonyl (C=S) groups is 1. The molecule has 0 aliphatic heterocycles. The number of hydroxylamine groups is 1. The van der Waals surface area contributed by atoms with Crippen molar-refractivity contribution in [2.24, 2.45) is 0 Å². The summed E-state index contributed by atoms with van der Waals surface area (Å²) in [6.07, 6.45) is 3.96. The molecule has 158 valence electrons. The Morgan fingerprint density at radius 2 is 1.61 bits per heavy atom. The van der Waals surface area contributed by atoms with Gasteiger partial charge in [-0.05, 0) is 47.9 Å². The molecule has 0 aromatic heterocycles. The number of amides is 1. The number of ether oxygens (including phenoxy) is 1. The van der Waals surface area contributed by atoms with E-state index in [1.54, 1.807) is 30.3 Å². The van der Waals surface area contributed by atoms with E-state index in [4.69, 9.17) is 22.2 Å². The first-order valence-electron chi connectivity index (χ1n) is 9.89. The van der Waals surface area contributed by atoms with Crippen molar-refractivity contribution in [3.8, 4) is 5.75 Å². The van der Waals surface area contributed by atoms with Crippen molar-refractivity contribution in [1.82, 2.24) is 10.8 Å². The van der Waals surface area contributed by atoms with E-state index in [0.29, 0.717) is 24.3 Å². The molecule has 0 unspecified atom stereocenters. The summed E-state index contributed by atoms with van der Waals surface area (Å²) in [5, 5.41) is 11.9. The van der Waals surface area contributed by atoms with Crippen molar-refractivity contribution >= 4 is 29.2 Å². The van der Waals surface area contributed by atoms with Gasteiger partial charge < -0.3 is 10.1 Å². The standard InChI is InChI=1S/C25H24N2O3S/c28-24(16-11-19-7-3-1-4-8-19)26-22(17-20-9-5-2-6-10-20)18-30-23-14-12-21(13-15-23)25(31)27-29/h1-16,22,29H,17-18H2,(H,26,28)(H,27,31)/b16-11+/t22-/m1/s1. The van der Waals surface area contributed by atoms with Crippen LogP contribution in [0.3, 0.4) is 0 Å². The summed E-state index contributed by atoms with van der Waals surface area (Å²) in [6, 6.07) is 26.5. The molecule has 0 aliphatic carbocycles. The first-order valence-corrected chi connectivity index (χ1v) is 10.3. The van der Waals surface area contributed by atoms with Crippen LogP contribution in [0.1, 0.15) is 16.7 Å². The third-order valence-corrected chi connectivity index (χ3v) is 4.89. The van der Waals surface area contributed by atoms with Crippen LogP contribution in [0.4, 0.5) is 0 Å². The minimum absolute atomic E-state index is 0.178. The largest absolute Gasteiger partial charge is 0.491 e. The van der Waals surface area contributed by atoms with Crippen LogP contribution in [0.5, 0.6) is 5.75 Å². The average molecular weight is 433 g/mol. The fourth-order valence-electron chi connectivity index (χ4n) is 3.00. The summed E-state index contributed by atoms with van der Waals surface area (Å²) in [6.45, 7) is 0.307. The molecule has 1 atom stereocenters. The molecule has 0 fully saturated rings. The van der Waals surface area contributed by atoms with Crippen LogP contribution in [-0.4, -0.2) is 28.8 Å². The molecule has 3 aromatic rings. The monoisotopic (exact) mass is 432 g/mol. The van der Waals surface area contributed by atoms with Gasteiger partial charge in [-0.15, -0.1) is 0 Å². The van der Waals surface area contributed by atoms with Gasteiger partial charge in [0.25, 0.3) is 0 Å². The van der Waals surface area contributed by atoms with Gasteiger partial charge >= 0.3 is 0 Å². The van der Waals surface area contributed by atoms with Gasteiger partial charge in [-0.3, -0.25) is 15.5 Å². The first-order chi connectivity index (χ1) is 15.1. The molecule has 3 rings (SSSR count). The Hall–Kier alpha value is -3.48. The molecule has 5 nitrogen and oxygen atoms in total. The van der Waals surface area contributed by atoms with Gasteiger partial charge in [-0.1, -0.05) is 72.9 Å². The van der Waals surface area contributed by atoms with Crippen LogP contribution >= 0.6 is 12.2 Å². The number of nitrogens with one attached hydrogen (secondary N) is 2. The van der Waals surface area contributed by atoms with Crippen LogP contribution < -0.4 is 15.5 Å². The van der Waals surface area contributed by atoms with E-state index in [1.807, 2.05) is 66.1 Å². The Kier molecular flexibility index (Phi) is 8.34. The van der Waals surface area contributed by atoms with E-state index in [0.717, 1.165) is 11.1 Å². The van der Waals surface area contributed by atoms with Crippen LogP contribution in [0.15, 0.2) is 91.0 Å². The zero-order chi connectivity index (χ0) is 21.9. The van der Waals surface area contributed by atoms with Crippen molar-refractivity contribution < 1.29 is 14.7 Å². The molecular formula is C25H24N2O3S. The number of benzene rings is 3. The highest BCUT2D eigenvalue weighted by Gasteiger charge is 2.13. The minimum atomic E-state index is -0.213. The highest BCUT2D eigenvalue weighted by atomic mass is 32.1. The lowest BCUT2D eigenvalue weighted by Crippen LogP contribution is -2.39. The quantitative estimate of drug-likeness (QED) is 0.269. The molecule has 0 aliphatic rings. The van der Waals surface area contributed by atoms with Gasteiger partial charge in [-0.2, -0.15) is 0 Å². The predicted octanol–water partition coefficient (Wildman–Crippen LogP) is 4.16. The zero-order valence-corrected chi connectivity index (χ0v) is 17.7. The van der Waals surface area contributed by atoms with Crippen LogP contribution in [0.2, 0.25) is 0 Å². The molecule has 3 N–H and O–H groups in total. The predicted molar refractivity (Wildman–Crippen MR) is 126 cm³/mol. The lowest BCUT2D eigenvalue weighted by Gasteiger charge is -2.19. The van der Waals surface area contributed by atoms with Gasteiger partial charge in [0.05, 0.1) is 6.04 Å². The van der Waals surface area contributed by atoms with E-state index in [9.17, 15) is 4.79 Å². The van der Waals surface area contributed by atoms with E-state index in [1.165, 1.54) is 6.08 Å². The Morgan fingerprint density at radius 3 is 2.26 bits per heavy atom. The fraction of sp³-hybridized carbons (Fsp3) is 0.120. The molecule has 0 saturated heterocycles. The topological polar surface area (TPSA) is 70.6 Å². The normalized spacial score (nSPS) is 11.6. The summed E-state index contributed by atoms with van der Waals surface area (Å²) >= 11 is 5.00. The highest BCUT2D eigenvalue weighted by Crippen LogP contribution is 2.14. The Morgan fingerprint density at radius 1 is 0.968 bits per heavy atom. The van der Waals surface area contributed by atoms with Crippen LogP contribution in [-0.2, 0) is 11.2 Å². The van der Waals surface area contributed by atoms with Crippen molar-refractivity contribution in [2.75, 3.05) is 6.61 Å². The van der Waals surface area contributed by atoms with E-state index < -0.39 is 0 Å². The zero-order valence-electron chi connectivity index (χ0n) is 16.9. The summed E-state index contributed by atoms with van der Waals surface area (Å²) in [4.78, 5) is 12.7. The number of carbonyl (C=O) groups excluding carboxylic acids is 1. The van der Waals surface area contributed by atoms with E-state index in [-0.39, 0.29) is 16.9 Å².